The Morgan fingerprint density at radius 3 is 2.80 bits per heavy atom. The number of methoxy groups -OCH3 is 1. The number of rotatable bonds is 10. The van der Waals surface area contributed by atoms with E-state index in [1.165, 1.54) is 12.7 Å². The first-order chi connectivity index (χ1) is 19.3. The Bertz CT molecular complexity index is 1180. The molecule has 1 aromatic carbocycles. The molecule has 0 bridgehead atoms. The Balaban J connectivity index is 1.67. The highest BCUT2D eigenvalue weighted by atomic mass is 35.5. The van der Waals surface area contributed by atoms with Crippen molar-refractivity contribution in [2.24, 2.45) is 11.8 Å². The summed E-state index contributed by atoms with van der Waals surface area (Å²) in [5, 5.41) is 19.2. The van der Waals surface area contributed by atoms with Gasteiger partial charge in [0, 0.05) is 61.0 Å². The number of ether oxygens (including phenoxy) is 1. The van der Waals surface area contributed by atoms with Crippen molar-refractivity contribution in [3.8, 4) is 11.1 Å². The number of aryl methyl sites for hydroxylation is 1. The van der Waals surface area contributed by atoms with E-state index in [0.717, 1.165) is 49.7 Å². The summed E-state index contributed by atoms with van der Waals surface area (Å²) in [5.41, 5.74) is 2.23. The van der Waals surface area contributed by atoms with Crippen LogP contribution in [0.4, 0.5) is 4.79 Å². The summed E-state index contributed by atoms with van der Waals surface area (Å²) >= 11 is 6.80. The van der Waals surface area contributed by atoms with Gasteiger partial charge in [0.25, 0.3) is 0 Å². The second-order valence-electron chi connectivity index (χ2n) is 11.2. The highest BCUT2D eigenvalue weighted by Crippen LogP contribution is 2.45. The zero-order valence-electron chi connectivity index (χ0n) is 23.9. The molecular weight excluding hydrogens is 528 g/mol. The molecule has 1 saturated heterocycles. The molecule has 2 heterocycles. The quantitative estimate of drug-likeness (QED) is 0.351. The third-order valence-corrected chi connectivity index (χ3v) is 9.06. The van der Waals surface area contributed by atoms with Crippen LogP contribution in [0.3, 0.4) is 0 Å². The molecule has 2 amide bonds. The van der Waals surface area contributed by atoms with Gasteiger partial charge in [-0.05, 0) is 69.5 Å². The van der Waals surface area contributed by atoms with E-state index >= 15 is 0 Å². The van der Waals surface area contributed by atoms with Crippen molar-refractivity contribution in [2.75, 3.05) is 33.8 Å². The smallest absolute Gasteiger partial charge is 0.406 e. The van der Waals surface area contributed by atoms with E-state index in [4.69, 9.17) is 16.3 Å². The molecule has 4 rings (SSSR count). The fraction of sp³-hybridized carbons (Fsp3) is 0.581. The highest BCUT2D eigenvalue weighted by Gasteiger charge is 2.44. The van der Waals surface area contributed by atoms with Gasteiger partial charge < -0.3 is 25.4 Å². The molecular formula is C31H43ClN4O4. The first-order valence-electron chi connectivity index (χ1n) is 14.5. The molecule has 0 radical (unpaired) electrons. The molecule has 1 saturated carbocycles. The number of aromatic nitrogens is 1. The Labute approximate surface area is 242 Å². The van der Waals surface area contributed by atoms with E-state index in [2.05, 4.69) is 34.7 Å². The summed E-state index contributed by atoms with van der Waals surface area (Å²) in [6.45, 7) is 3.64. The fourth-order valence-corrected chi connectivity index (χ4v) is 6.74. The Morgan fingerprint density at radius 2 is 2.08 bits per heavy atom. The van der Waals surface area contributed by atoms with Gasteiger partial charge in [-0.3, -0.25) is 9.78 Å². The lowest BCUT2D eigenvalue weighted by atomic mass is 9.72. The number of nitrogens with one attached hydrogen (secondary N) is 2. The van der Waals surface area contributed by atoms with Gasteiger partial charge in [-0.15, -0.1) is 0 Å². The van der Waals surface area contributed by atoms with Gasteiger partial charge in [-0.1, -0.05) is 42.8 Å². The topological polar surface area (TPSA) is 104 Å². The maximum Gasteiger partial charge on any atom is 0.406 e. The number of hydrogen-bond acceptors (Lipinski definition) is 6. The predicted octanol–water partition coefficient (Wildman–Crippen LogP) is 4.91. The van der Waals surface area contributed by atoms with Crippen LogP contribution in [0, 0.1) is 11.8 Å². The third kappa shape index (κ3) is 6.78. The number of pyridine rings is 1. The van der Waals surface area contributed by atoms with E-state index in [1.807, 2.05) is 24.1 Å². The lowest BCUT2D eigenvalue weighted by Crippen LogP contribution is -2.50. The third-order valence-electron chi connectivity index (χ3n) is 8.78. The van der Waals surface area contributed by atoms with Crippen LogP contribution in [-0.4, -0.2) is 66.8 Å². The summed E-state index contributed by atoms with van der Waals surface area (Å²) in [6, 6.07) is 8.59. The van der Waals surface area contributed by atoms with Crippen molar-refractivity contribution in [2.45, 2.75) is 69.9 Å². The monoisotopic (exact) mass is 570 g/mol. The van der Waals surface area contributed by atoms with E-state index in [-0.39, 0.29) is 17.7 Å². The Morgan fingerprint density at radius 1 is 1.25 bits per heavy atom. The number of hydrogen-bond donors (Lipinski definition) is 3. The van der Waals surface area contributed by atoms with Crippen LogP contribution in [0.1, 0.15) is 63.0 Å². The summed E-state index contributed by atoms with van der Waals surface area (Å²) < 4.78 is 4.71. The van der Waals surface area contributed by atoms with Gasteiger partial charge in [-0.25, -0.2) is 4.79 Å². The average Bonchev–Trinajstić information content (AvgIpc) is 3.48. The second kappa shape index (κ2) is 13.8. The maximum atomic E-state index is 13.6. The molecule has 9 heteroatoms. The van der Waals surface area contributed by atoms with Crippen molar-refractivity contribution < 1.29 is 19.4 Å². The van der Waals surface area contributed by atoms with E-state index in [0.29, 0.717) is 49.1 Å². The van der Waals surface area contributed by atoms with Crippen LogP contribution in [0.25, 0.3) is 11.1 Å². The molecule has 4 unspecified atom stereocenters. The number of halogens is 1. The number of alkyl carbamates (subject to hydrolysis) is 1. The zero-order chi connectivity index (χ0) is 28.7. The molecule has 4 atom stereocenters. The molecule has 2 aliphatic rings. The molecule has 3 N–H and O–H groups in total. The summed E-state index contributed by atoms with van der Waals surface area (Å²) in [6.07, 6.45) is 8.96. The zero-order valence-corrected chi connectivity index (χ0v) is 24.7. The lowest BCUT2D eigenvalue weighted by molar-refractivity contribution is -0.140. The molecule has 1 aliphatic carbocycles. The molecule has 218 valence electrons. The molecule has 0 spiro atoms. The number of amides is 2. The lowest BCUT2D eigenvalue weighted by Gasteiger charge is -2.44. The number of likely N-dealkylation sites (tertiary alicyclic amines) is 1. The van der Waals surface area contributed by atoms with Gasteiger partial charge in [0.15, 0.2) is 0 Å². The normalized spacial score (nSPS) is 22.5. The van der Waals surface area contributed by atoms with Crippen LogP contribution >= 0.6 is 11.6 Å². The number of benzene rings is 1. The van der Waals surface area contributed by atoms with Crippen molar-refractivity contribution >= 4 is 23.6 Å². The molecule has 8 nitrogen and oxygen atoms in total. The SMILES string of the molecule is CCc1cccc(-c2c(Cl)cncc2C(O)(CCCNC(=O)OC)C2CCCN(C(=O)C3CCC(NC)C3)C2)c1. The average molecular weight is 571 g/mol. The van der Waals surface area contributed by atoms with Crippen molar-refractivity contribution in [1.82, 2.24) is 20.5 Å². The number of piperidine rings is 1. The molecule has 2 aromatic rings. The summed E-state index contributed by atoms with van der Waals surface area (Å²) in [7, 11) is 3.28. The highest BCUT2D eigenvalue weighted by molar-refractivity contribution is 6.33. The van der Waals surface area contributed by atoms with Gasteiger partial charge >= 0.3 is 6.09 Å². The number of nitrogens with zero attached hydrogens (tertiary/aromatic N) is 2. The first-order valence-corrected chi connectivity index (χ1v) is 14.9. The standard InChI is InChI=1S/C31H43ClN4O4/c1-4-21-8-5-9-22(16-21)28-26(18-34-19-27(28)32)31(39,13-7-14-35-30(38)40-3)24-10-6-15-36(20-24)29(37)23-11-12-25(17-23)33-2/h5,8-9,16,18-19,23-25,33,39H,4,6-7,10-15,17,20H2,1-3H3,(H,35,38). The van der Waals surface area contributed by atoms with Crippen molar-refractivity contribution in [3.05, 3.63) is 52.8 Å². The van der Waals surface area contributed by atoms with E-state index in [9.17, 15) is 14.7 Å². The van der Waals surface area contributed by atoms with Gasteiger partial charge in [-0.2, -0.15) is 0 Å². The second-order valence-corrected chi connectivity index (χ2v) is 11.6. The van der Waals surface area contributed by atoms with Gasteiger partial charge in [0.05, 0.1) is 17.7 Å². The van der Waals surface area contributed by atoms with Crippen molar-refractivity contribution in [1.29, 1.82) is 0 Å². The van der Waals surface area contributed by atoms with Crippen molar-refractivity contribution in [3.63, 3.8) is 0 Å². The maximum absolute atomic E-state index is 13.6. The first kappa shape index (κ1) is 30.3. The molecule has 40 heavy (non-hydrogen) atoms. The van der Waals surface area contributed by atoms with Crippen LogP contribution < -0.4 is 10.6 Å². The van der Waals surface area contributed by atoms with Gasteiger partial charge in [0.1, 0.15) is 0 Å². The predicted molar refractivity (Wildman–Crippen MR) is 157 cm³/mol. The summed E-state index contributed by atoms with van der Waals surface area (Å²) in [5.74, 6) is 0.00387. The Kier molecular flexibility index (Phi) is 10.4. The number of carbonyl (C=O) groups is 2. The minimum absolute atomic E-state index is 0.0220. The fourth-order valence-electron chi connectivity index (χ4n) is 6.48. The van der Waals surface area contributed by atoms with E-state index in [1.54, 1.807) is 12.4 Å². The van der Waals surface area contributed by atoms with Crippen LogP contribution in [0.2, 0.25) is 5.02 Å². The van der Waals surface area contributed by atoms with E-state index < -0.39 is 11.7 Å². The molecule has 1 aromatic heterocycles. The molecule has 2 fully saturated rings. The van der Waals surface area contributed by atoms with Crippen LogP contribution in [0.5, 0.6) is 0 Å². The summed E-state index contributed by atoms with van der Waals surface area (Å²) in [4.78, 5) is 31.6. The number of carbonyl (C=O) groups excluding carboxylic acids is 2. The Hall–Kier alpha value is -2.68. The minimum atomic E-state index is -1.31. The van der Waals surface area contributed by atoms with Crippen LogP contribution in [0.15, 0.2) is 36.7 Å². The minimum Gasteiger partial charge on any atom is -0.453 e. The largest absolute Gasteiger partial charge is 0.453 e. The molecule has 1 aliphatic heterocycles. The van der Waals surface area contributed by atoms with Gasteiger partial charge in [0.2, 0.25) is 5.91 Å². The number of aliphatic hydroxyl groups is 1. The van der Waals surface area contributed by atoms with Crippen LogP contribution in [-0.2, 0) is 21.6 Å².